The largest absolute Gasteiger partial charge is 0.378 e. The smallest absolute Gasteiger partial charge is 0.330 e. The van der Waals surface area contributed by atoms with Gasteiger partial charge in [0.25, 0.3) is 5.56 Å². The molecular weight excluding hydrogens is 268 g/mol. The molecule has 5 nitrogen and oxygen atoms in total. The third-order valence-electron chi connectivity index (χ3n) is 2.92. The number of benzene rings is 1. The van der Waals surface area contributed by atoms with E-state index in [1.807, 2.05) is 0 Å². The fraction of sp³-hybridized carbons (Fsp3) is 0.231. The second-order valence-corrected chi connectivity index (χ2v) is 4.39. The maximum absolute atomic E-state index is 13.4. The number of hydrogen-bond acceptors (Lipinski definition) is 3. The van der Waals surface area contributed by atoms with Crippen molar-refractivity contribution in [2.75, 3.05) is 5.32 Å². The number of hydrogen-bond donors (Lipinski definition) is 1. The highest BCUT2D eigenvalue weighted by atomic mass is 19.1. The first-order valence-corrected chi connectivity index (χ1v) is 5.84. The summed E-state index contributed by atoms with van der Waals surface area (Å²) in [5.74, 6) is -1.20. The van der Waals surface area contributed by atoms with Crippen LogP contribution in [0.2, 0.25) is 0 Å². The van der Waals surface area contributed by atoms with Crippen molar-refractivity contribution >= 4 is 5.69 Å². The molecule has 0 saturated carbocycles. The van der Waals surface area contributed by atoms with Crippen LogP contribution in [0.25, 0.3) is 0 Å². The summed E-state index contributed by atoms with van der Waals surface area (Å²) in [7, 11) is 2.87. The molecule has 7 heteroatoms. The lowest BCUT2D eigenvalue weighted by molar-refractivity contribution is 0.602. The molecule has 0 saturated heterocycles. The van der Waals surface area contributed by atoms with Gasteiger partial charge in [0.1, 0.15) is 11.6 Å². The summed E-state index contributed by atoms with van der Waals surface area (Å²) >= 11 is 0. The predicted molar refractivity (Wildman–Crippen MR) is 70.6 cm³/mol. The zero-order valence-corrected chi connectivity index (χ0v) is 11.0. The van der Waals surface area contributed by atoms with Crippen LogP contribution in [0.3, 0.4) is 0 Å². The zero-order chi connectivity index (χ0) is 14.9. The second kappa shape index (κ2) is 5.28. The van der Waals surface area contributed by atoms with Gasteiger partial charge in [-0.2, -0.15) is 0 Å². The molecule has 0 radical (unpaired) electrons. The summed E-state index contributed by atoms with van der Waals surface area (Å²) in [6, 6.07) is 3.00. The fourth-order valence-corrected chi connectivity index (χ4v) is 1.83. The molecule has 0 amide bonds. The summed E-state index contributed by atoms with van der Waals surface area (Å²) in [5.41, 5.74) is -0.688. The molecule has 2 aromatic rings. The minimum absolute atomic E-state index is 0.0127. The summed E-state index contributed by atoms with van der Waals surface area (Å²) in [5, 5.41) is 2.64. The Kier molecular flexibility index (Phi) is 3.69. The first-order chi connectivity index (χ1) is 9.40. The first kappa shape index (κ1) is 14.0. The Morgan fingerprint density at radius 3 is 2.60 bits per heavy atom. The highest BCUT2D eigenvalue weighted by molar-refractivity contribution is 5.45. The number of nitrogens with one attached hydrogen (secondary N) is 1. The molecule has 1 N–H and O–H groups in total. The number of rotatable bonds is 3. The van der Waals surface area contributed by atoms with Crippen molar-refractivity contribution in [2.45, 2.75) is 6.54 Å². The van der Waals surface area contributed by atoms with Gasteiger partial charge in [-0.3, -0.25) is 9.36 Å². The van der Waals surface area contributed by atoms with E-state index in [1.54, 1.807) is 0 Å². The van der Waals surface area contributed by atoms with Crippen molar-refractivity contribution in [3.05, 3.63) is 62.4 Å². The van der Waals surface area contributed by atoms with Gasteiger partial charge >= 0.3 is 5.69 Å². The fourth-order valence-electron chi connectivity index (χ4n) is 1.83. The molecule has 0 bridgehead atoms. The lowest BCUT2D eigenvalue weighted by Crippen LogP contribution is -2.38. The Labute approximate surface area is 113 Å². The Hall–Kier alpha value is -2.44. The van der Waals surface area contributed by atoms with Crippen molar-refractivity contribution < 1.29 is 8.78 Å². The van der Waals surface area contributed by atoms with Crippen molar-refractivity contribution in [3.8, 4) is 0 Å². The van der Waals surface area contributed by atoms with Gasteiger partial charge in [0, 0.05) is 26.8 Å². The van der Waals surface area contributed by atoms with E-state index in [2.05, 4.69) is 5.32 Å². The number of aryl methyl sites for hydroxylation is 1. The minimum atomic E-state index is -0.618. The van der Waals surface area contributed by atoms with Gasteiger partial charge in [-0.1, -0.05) is 0 Å². The lowest BCUT2D eigenvalue weighted by atomic mass is 10.2. The first-order valence-electron chi connectivity index (χ1n) is 5.84. The van der Waals surface area contributed by atoms with Gasteiger partial charge in [-0.05, 0) is 18.2 Å². The van der Waals surface area contributed by atoms with Gasteiger partial charge < -0.3 is 9.88 Å². The van der Waals surface area contributed by atoms with E-state index in [-0.39, 0.29) is 17.8 Å². The Bertz CT molecular complexity index is 765. The second-order valence-electron chi connectivity index (χ2n) is 4.39. The average molecular weight is 281 g/mol. The van der Waals surface area contributed by atoms with E-state index in [1.165, 1.54) is 24.9 Å². The minimum Gasteiger partial charge on any atom is -0.378 e. The van der Waals surface area contributed by atoms with Crippen LogP contribution in [0.1, 0.15) is 5.56 Å². The molecule has 0 unspecified atom stereocenters. The van der Waals surface area contributed by atoms with Crippen molar-refractivity contribution in [1.29, 1.82) is 0 Å². The Balaban J connectivity index is 2.30. The Morgan fingerprint density at radius 1 is 1.20 bits per heavy atom. The highest BCUT2D eigenvalue weighted by Gasteiger charge is 2.08. The van der Waals surface area contributed by atoms with Crippen LogP contribution < -0.4 is 16.6 Å². The van der Waals surface area contributed by atoms with Gasteiger partial charge in [-0.25, -0.2) is 13.6 Å². The third-order valence-corrected chi connectivity index (χ3v) is 2.92. The topological polar surface area (TPSA) is 56.0 Å². The van der Waals surface area contributed by atoms with E-state index < -0.39 is 22.9 Å². The molecule has 0 aliphatic heterocycles. The van der Waals surface area contributed by atoms with Gasteiger partial charge in [0.15, 0.2) is 0 Å². The monoisotopic (exact) mass is 281 g/mol. The van der Waals surface area contributed by atoms with Crippen LogP contribution in [0.4, 0.5) is 14.5 Å². The van der Waals surface area contributed by atoms with Crippen molar-refractivity contribution in [2.24, 2.45) is 14.1 Å². The van der Waals surface area contributed by atoms with E-state index in [4.69, 9.17) is 0 Å². The molecule has 0 atom stereocenters. The van der Waals surface area contributed by atoms with Crippen LogP contribution in [0.15, 0.2) is 34.0 Å². The number of nitrogens with zero attached hydrogens (tertiary/aromatic N) is 2. The summed E-state index contributed by atoms with van der Waals surface area (Å²) in [6.45, 7) is -0.0127. The molecule has 2 rings (SSSR count). The SMILES string of the molecule is Cn1cc(CNc2cc(F)ccc2F)c(=O)n(C)c1=O. The Morgan fingerprint density at radius 2 is 1.90 bits per heavy atom. The maximum atomic E-state index is 13.4. The van der Waals surface area contributed by atoms with E-state index in [0.717, 1.165) is 22.8 Å². The van der Waals surface area contributed by atoms with Crippen LogP contribution in [-0.2, 0) is 20.6 Å². The standard InChI is InChI=1S/C13H13F2N3O2/c1-17-7-8(12(19)18(2)13(17)20)6-16-11-5-9(14)3-4-10(11)15/h3-5,7,16H,6H2,1-2H3. The van der Waals surface area contributed by atoms with Gasteiger partial charge in [-0.15, -0.1) is 0 Å². The number of aromatic nitrogens is 2. The van der Waals surface area contributed by atoms with Gasteiger partial charge in [0.05, 0.1) is 11.3 Å². The van der Waals surface area contributed by atoms with Crippen LogP contribution in [0.5, 0.6) is 0 Å². The summed E-state index contributed by atoms with van der Waals surface area (Å²) in [4.78, 5) is 23.4. The van der Waals surface area contributed by atoms with E-state index >= 15 is 0 Å². The summed E-state index contributed by atoms with van der Waals surface area (Å²) in [6.07, 6.45) is 1.37. The predicted octanol–water partition coefficient (Wildman–Crippen LogP) is 0.974. The average Bonchev–Trinajstić information content (AvgIpc) is 2.42. The van der Waals surface area contributed by atoms with Crippen LogP contribution in [-0.4, -0.2) is 9.13 Å². The molecule has 1 aromatic heterocycles. The molecule has 1 heterocycles. The maximum Gasteiger partial charge on any atom is 0.330 e. The van der Waals surface area contributed by atoms with Gasteiger partial charge in [0.2, 0.25) is 0 Å². The van der Waals surface area contributed by atoms with Crippen molar-refractivity contribution in [1.82, 2.24) is 9.13 Å². The molecule has 0 spiro atoms. The molecule has 0 aliphatic carbocycles. The van der Waals surface area contributed by atoms with E-state index in [9.17, 15) is 18.4 Å². The molecule has 106 valence electrons. The number of halogens is 2. The molecule has 0 aliphatic rings. The highest BCUT2D eigenvalue weighted by Crippen LogP contribution is 2.15. The lowest BCUT2D eigenvalue weighted by Gasteiger charge is -2.09. The van der Waals surface area contributed by atoms with Crippen LogP contribution >= 0.6 is 0 Å². The summed E-state index contributed by atoms with van der Waals surface area (Å²) < 4.78 is 28.7. The third kappa shape index (κ3) is 2.61. The zero-order valence-electron chi connectivity index (χ0n) is 11.0. The van der Waals surface area contributed by atoms with Crippen LogP contribution in [0, 0.1) is 11.6 Å². The molecule has 0 fully saturated rings. The quantitative estimate of drug-likeness (QED) is 0.912. The molecule has 1 aromatic carbocycles. The van der Waals surface area contributed by atoms with E-state index in [0.29, 0.717) is 0 Å². The number of anilines is 1. The molecular formula is C13H13F2N3O2. The van der Waals surface area contributed by atoms with Crippen molar-refractivity contribution in [3.63, 3.8) is 0 Å². The molecule has 20 heavy (non-hydrogen) atoms. The normalized spacial score (nSPS) is 10.6.